The van der Waals surface area contributed by atoms with Gasteiger partial charge in [-0.25, -0.2) is 0 Å². The fourth-order valence-electron chi connectivity index (χ4n) is 5.38. The van der Waals surface area contributed by atoms with Gasteiger partial charge in [-0.3, -0.25) is 4.79 Å². The van der Waals surface area contributed by atoms with E-state index in [-0.39, 0.29) is 5.75 Å². The van der Waals surface area contributed by atoms with E-state index in [0.717, 1.165) is 35.5 Å². The Kier molecular flexibility index (Phi) is 2.48. The largest absolute Gasteiger partial charge is 0.507 e. The Bertz CT molecular complexity index is 492. The molecule has 4 bridgehead atoms. The Balaban J connectivity index is 1.75. The molecular formula is C17H20O2. The highest BCUT2D eigenvalue weighted by molar-refractivity contribution is 5.80. The van der Waals surface area contributed by atoms with Crippen molar-refractivity contribution in [2.24, 2.45) is 23.7 Å². The molecule has 2 heteroatoms. The Hall–Kier alpha value is -1.31. The monoisotopic (exact) mass is 256 g/mol. The summed E-state index contributed by atoms with van der Waals surface area (Å²) >= 11 is 0. The molecule has 4 aliphatic carbocycles. The molecule has 0 heterocycles. The average molecular weight is 256 g/mol. The van der Waals surface area contributed by atoms with Crippen LogP contribution >= 0.6 is 0 Å². The van der Waals surface area contributed by atoms with Crippen LogP contribution in [0.4, 0.5) is 0 Å². The molecule has 1 aromatic carbocycles. The van der Waals surface area contributed by atoms with Gasteiger partial charge in [-0.15, -0.1) is 0 Å². The Morgan fingerprint density at radius 2 is 1.63 bits per heavy atom. The summed E-state index contributed by atoms with van der Waals surface area (Å²) in [6, 6.07) is 5.67. The van der Waals surface area contributed by atoms with Crippen molar-refractivity contribution in [3.05, 3.63) is 29.3 Å². The number of carbonyl (C=O) groups excluding carboxylic acids is 1. The minimum Gasteiger partial charge on any atom is -0.507 e. The van der Waals surface area contributed by atoms with Crippen molar-refractivity contribution in [2.75, 3.05) is 0 Å². The number of aromatic hydroxyl groups is 1. The molecule has 0 amide bonds. The molecule has 100 valence electrons. The quantitative estimate of drug-likeness (QED) is 0.818. The fourth-order valence-corrected chi connectivity index (χ4v) is 5.38. The molecule has 5 rings (SSSR count). The second-order valence-electron chi connectivity index (χ2n) is 6.86. The third kappa shape index (κ3) is 1.65. The van der Waals surface area contributed by atoms with Gasteiger partial charge in [-0.1, -0.05) is 12.1 Å². The van der Waals surface area contributed by atoms with Gasteiger partial charge < -0.3 is 5.11 Å². The lowest BCUT2D eigenvalue weighted by molar-refractivity contribution is -0.00349. The molecule has 0 aromatic heterocycles. The standard InChI is InChI=1S/C17H20O2/c18-9-12-2-1-3-15(17(12)19)16-13-5-10-4-11(7-13)8-14(16)6-10/h1-3,9-11,13-14,16,19H,4-8H2. The minimum absolute atomic E-state index is 0.245. The smallest absolute Gasteiger partial charge is 0.153 e. The summed E-state index contributed by atoms with van der Waals surface area (Å²) in [5.74, 6) is 4.10. The van der Waals surface area contributed by atoms with E-state index >= 15 is 0 Å². The van der Waals surface area contributed by atoms with Crippen LogP contribution in [0.5, 0.6) is 5.75 Å². The molecule has 0 spiro atoms. The van der Waals surface area contributed by atoms with Gasteiger partial charge in [-0.05, 0) is 73.3 Å². The summed E-state index contributed by atoms with van der Waals surface area (Å²) in [4.78, 5) is 11.0. The van der Waals surface area contributed by atoms with E-state index in [0.29, 0.717) is 11.5 Å². The second-order valence-corrected chi connectivity index (χ2v) is 6.86. The number of benzene rings is 1. The average Bonchev–Trinajstić information content (AvgIpc) is 2.39. The molecule has 4 fully saturated rings. The van der Waals surface area contributed by atoms with E-state index in [1.54, 1.807) is 6.07 Å². The van der Waals surface area contributed by atoms with Gasteiger partial charge >= 0.3 is 0 Å². The molecular weight excluding hydrogens is 236 g/mol. The van der Waals surface area contributed by atoms with Crippen molar-refractivity contribution >= 4 is 6.29 Å². The first-order chi connectivity index (χ1) is 9.26. The number of phenolic OH excluding ortho intramolecular Hbond substituents is 1. The maximum atomic E-state index is 11.0. The highest BCUT2D eigenvalue weighted by Crippen LogP contribution is 2.60. The lowest BCUT2D eigenvalue weighted by atomic mass is 9.50. The number of hydrogen-bond donors (Lipinski definition) is 1. The van der Waals surface area contributed by atoms with Gasteiger partial charge in [0.25, 0.3) is 0 Å². The second kappa shape index (κ2) is 4.09. The van der Waals surface area contributed by atoms with Crippen molar-refractivity contribution < 1.29 is 9.90 Å². The number of hydrogen-bond acceptors (Lipinski definition) is 2. The molecule has 0 atom stereocenters. The van der Waals surface area contributed by atoms with Crippen molar-refractivity contribution in [3.63, 3.8) is 0 Å². The van der Waals surface area contributed by atoms with Crippen LogP contribution in [0.3, 0.4) is 0 Å². The zero-order valence-corrected chi connectivity index (χ0v) is 11.1. The SMILES string of the molecule is O=Cc1cccc(C2C3CC4CC(C3)CC2C4)c1O. The van der Waals surface area contributed by atoms with E-state index in [1.165, 1.54) is 32.1 Å². The number of phenols is 1. The topological polar surface area (TPSA) is 37.3 Å². The van der Waals surface area contributed by atoms with Crippen LogP contribution in [0.15, 0.2) is 18.2 Å². The van der Waals surface area contributed by atoms with E-state index < -0.39 is 0 Å². The van der Waals surface area contributed by atoms with E-state index in [4.69, 9.17) is 0 Å². The zero-order chi connectivity index (χ0) is 13.0. The molecule has 0 aliphatic heterocycles. The summed E-state index contributed by atoms with van der Waals surface area (Å²) in [5.41, 5.74) is 1.49. The summed E-state index contributed by atoms with van der Waals surface area (Å²) in [6.07, 6.45) is 7.56. The Morgan fingerprint density at radius 1 is 1.00 bits per heavy atom. The molecule has 4 aliphatic rings. The number of carbonyl (C=O) groups is 1. The molecule has 0 radical (unpaired) electrons. The number of rotatable bonds is 2. The van der Waals surface area contributed by atoms with Crippen LogP contribution in [0.25, 0.3) is 0 Å². The molecule has 1 N–H and O–H groups in total. The third-order valence-corrected chi connectivity index (χ3v) is 5.81. The van der Waals surface area contributed by atoms with Gasteiger partial charge in [0.15, 0.2) is 6.29 Å². The first kappa shape index (κ1) is 11.5. The molecule has 0 saturated heterocycles. The zero-order valence-electron chi connectivity index (χ0n) is 11.1. The van der Waals surface area contributed by atoms with Gasteiger partial charge in [0, 0.05) is 0 Å². The van der Waals surface area contributed by atoms with E-state index in [9.17, 15) is 9.90 Å². The first-order valence-electron chi connectivity index (χ1n) is 7.53. The molecule has 2 nitrogen and oxygen atoms in total. The first-order valence-corrected chi connectivity index (χ1v) is 7.53. The van der Waals surface area contributed by atoms with E-state index in [1.807, 2.05) is 12.1 Å². The van der Waals surface area contributed by atoms with Crippen LogP contribution in [-0.2, 0) is 0 Å². The maximum absolute atomic E-state index is 11.0. The van der Waals surface area contributed by atoms with Crippen LogP contribution in [0.1, 0.15) is 53.9 Å². The van der Waals surface area contributed by atoms with Crippen LogP contribution in [-0.4, -0.2) is 11.4 Å². The predicted octanol–water partition coefficient (Wildman–Crippen LogP) is 3.74. The van der Waals surface area contributed by atoms with Gasteiger partial charge in [-0.2, -0.15) is 0 Å². The molecule has 4 saturated carbocycles. The molecule has 0 unspecified atom stereocenters. The maximum Gasteiger partial charge on any atom is 0.153 e. The van der Waals surface area contributed by atoms with Crippen LogP contribution in [0, 0.1) is 23.7 Å². The van der Waals surface area contributed by atoms with Gasteiger partial charge in [0.05, 0.1) is 5.56 Å². The van der Waals surface area contributed by atoms with Crippen molar-refractivity contribution in [1.82, 2.24) is 0 Å². The normalized spacial score (nSPS) is 39.5. The molecule has 19 heavy (non-hydrogen) atoms. The summed E-state index contributed by atoms with van der Waals surface area (Å²) in [7, 11) is 0. The lowest BCUT2D eigenvalue weighted by Gasteiger charge is -2.54. The summed E-state index contributed by atoms with van der Waals surface area (Å²) < 4.78 is 0. The summed E-state index contributed by atoms with van der Waals surface area (Å²) in [6.45, 7) is 0. The fraction of sp³-hybridized carbons (Fsp3) is 0.588. The van der Waals surface area contributed by atoms with Gasteiger partial charge in [0.1, 0.15) is 5.75 Å². The lowest BCUT2D eigenvalue weighted by Crippen LogP contribution is -2.43. The number of aldehydes is 1. The van der Waals surface area contributed by atoms with Crippen molar-refractivity contribution in [1.29, 1.82) is 0 Å². The number of para-hydroxylation sites is 1. The Morgan fingerprint density at radius 3 is 2.21 bits per heavy atom. The highest BCUT2D eigenvalue weighted by Gasteiger charge is 2.49. The van der Waals surface area contributed by atoms with E-state index in [2.05, 4.69) is 0 Å². The Labute approximate surface area is 113 Å². The van der Waals surface area contributed by atoms with Crippen LogP contribution in [0.2, 0.25) is 0 Å². The third-order valence-electron chi connectivity index (χ3n) is 5.81. The highest BCUT2D eigenvalue weighted by atomic mass is 16.3. The molecule has 1 aromatic rings. The van der Waals surface area contributed by atoms with Gasteiger partial charge in [0.2, 0.25) is 0 Å². The van der Waals surface area contributed by atoms with Crippen molar-refractivity contribution in [3.8, 4) is 5.75 Å². The van der Waals surface area contributed by atoms with Crippen LogP contribution < -0.4 is 0 Å². The predicted molar refractivity (Wildman–Crippen MR) is 73.3 cm³/mol. The van der Waals surface area contributed by atoms with Crippen molar-refractivity contribution in [2.45, 2.75) is 38.0 Å². The summed E-state index contributed by atoms with van der Waals surface area (Å²) in [5, 5.41) is 10.3. The minimum atomic E-state index is 0.245.